The van der Waals surface area contributed by atoms with E-state index >= 15 is 0 Å². The van der Waals surface area contributed by atoms with Gasteiger partial charge in [-0.05, 0) is 87.2 Å². The maximum absolute atomic E-state index is 14.1. The van der Waals surface area contributed by atoms with Gasteiger partial charge in [-0.2, -0.15) is 0 Å². The van der Waals surface area contributed by atoms with E-state index in [2.05, 4.69) is 5.32 Å². The number of nitrogens with zero attached hydrogens (tertiary/aromatic N) is 2. The van der Waals surface area contributed by atoms with Crippen molar-refractivity contribution in [3.8, 4) is 5.75 Å². The molecular weight excluding hydrogens is 557 g/mol. The molecule has 0 aliphatic rings. The number of hydrogen-bond donors (Lipinski definition) is 1. The molecule has 0 radical (unpaired) electrons. The van der Waals surface area contributed by atoms with Crippen LogP contribution >= 0.6 is 0 Å². The van der Waals surface area contributed by atoms with E-state index in [0.717, 1.165) is 40.6 Å². The fraction of sp³-hybridized carbons (Fsp3) is 0.375. The van der Waals surface area contributed by atoms with Crippen molar-refractivity contribution in [2.75, 3.05) is 24.0 Å². The SMILES string of the molecule is CCOc1ccc(N(CC(=O)N(CCc2ccccc2)[C@@H](CC)C(=O)N[C@@H](C)CC)S(=O)(=O)c2ccc(F)cc2)cc1. The molecule has 0 bridgehead atoms. The molecule has 2 amide bonds. The maximum Gasteiger partial charge on any atom is 0.264 e. The number of benzene rings is 3. The summed E-state index contributed by atoms with van der Waals surface area (Å²) in [5.74, 6) is -0.856. The van der Waals surface area contributed by atoms with Crippen LogP contribution in [0.25, 0.3) is 0 Å². The van der Waals surface area contributed by atoms with E-state index in [0.29, 0.717) is 25.2 Å². The van der Waals surface area contributed by atoms with Crippen molar-refractivity contribution in [1.29, 1.82) is 0 Å². The third-order valence-electron chi connectivity index (χ3n) is 6.99. The Balaban J connectivity index is 2.01. The summed E-state index contributed by atoms with van der Waals surface area (Å²) in [6, 6.07) is 19.5. The number of ether oxygens (including phenoxy) is 1. The minimum absolute atomic E-state index is 0.0863. The van der Waals surface area contributed by atoms with Gasteiger partial charge in [-0.25, -0.2) is 12.8 Å². The lowest BCUT2D eigenvalue weighted by Gasteiger charge is -2.33. The van der Waals surface area contributed by atoms with Crippen molar-refractivity contribution < 1.29 is 27.1 Å². The van der Waals surface area contributed by atoms with E-state index in [9.17, 15) is 22.4 Å². The zero-order valence-electron chi connectivity index (χ0n) is 24.6. The number of carbonyl (C=O) groups excluding carboxylic acids is 2. The largest absolute Gasteiger partial charge is 0.494 e. The fourth-order valence-corrected chi connectivity index (χ4v) is 5.89. The monoisotopic (exact) mass is 597 g/mol. The van der Waals surface area contributed by atoms with E-state index in [1.165, 1.54) is 4.90 Å². The molecule has 226 valence electrons. The summed E-state index contributed by atoms with van der Waals surface area (Å²) >= 11 is 0. The highest BCUT2D eigenvalue weighted by atomic mass is 32.2. The molecule has 3 rings (SSSR count). The van der Waals surface area contributed by atoms with Crippen LogP contribution in [-0.2, 0) is 26.0 Å². The highest BCUT2D eigenvalue weighted by Crippen LogP contribution is 2.27. The van der Waals surface area contributed by atoms with Crippen LogP contribution in [0.15, 0.2) is 83.8 Å². The van der Waals surface area contributed by atoms with Crippen LogP contribution in [0.4, 0.5) is 10.1 Å². The van der Waals surface area contributed by atoms with Crippen molar-refractivity contribution in [3.05, 3.63) is 90.2 Å². The molecule has 0 unspecified atom stereocenters. The Bertz CT molecular complexity index is 1400. The quantitative estimate of drug-likeness (QED) is 0.260. The molecular formula is C32H40FN3O5S. The summed E-state index contributed by atoms with van der Waals surface area (Å²) in [5.41, 5.74) is 1.21. The van der Waals surface area contributed by atoms with Crippen molar-refractivity contribution >= 4 is 27.5 Å². The molecule has 0 fully saturated rings. The molecule has 2 atom stereocenters. The molecule has 1 N–H and O–H groups in total. The Labute approximate surface area is 248 Å². The predicted molar refractivity (Wildman–Crippen MR) is 162 cm³/mol. The first kappa shape index (κ1) is 32.6. The first-order valence-corrected chi connectivity index (χ1v) is 15.7. The summed E-state index contributed by atoms with van der Waals surface area (Å²) < 4.78 is 47.9. The van der Waals surface area contributed by atoms with Gasteiger partial charge in [-0.15, -0.1) is 0 Å². The number of carbonyl (C=O) groups is 2. The van der Waals surface area contributed by atoms with Gasteiger partial charge in [-0.3, -0.25) is 13.9 Å². The summed E-state index contributed by atoms with van der Waals surface area (Å²) in [5, 5.41) is 2.96. The highest BCUT2D eigenvalue weighted by molar-refractivity contribution is 7.92. The summed E-state index contributed by atoms with van der Waals surface area (Å²) in [4.78, 5) is 28.7. The first-order valence-electron chi connectivity index (χ1n) is 14.3. The second-order valence-corrected chi connectivity index (χ2v) is 11.8. The molecule has 0 aliphatic carbocycles. The predicted octanol–water partition coefficient (Wildman–Crippen LogP) is 5.18. The van der Waals surface area contributed by atoms with Crippen molar-refractivity contribution in [2.24, 2.45) is 0 Å². The number of halogens is 1. The molecule has 0 saturated carbocycles. The van der Waals surface area contributed by atoms with Crippen molar-refractivity contribution in [3.63, 3.8) is 0 Å². The highest BCUT2D eigenvalue weighted by Gasteiger charge is 2.33. The smallest absolute Gasteiger partial charge is 0.264 e. The van der Waals surface area contributed by atoms with Gasteiger partial charge in [-0.1, -0.05) is 44.2 Å². The first-order chi connectivity index (χ1) is 20.1. The van der Waals surface area contributed by atoms with Gasteiger partial charge < -0.3 is 15.0 Å². The van der Waals surface area contributed by atoms with Crippen LogP contribution in [0, 0.1) is 5.82 Å². The third-order valence-corrected chi connectivity index (χ3v) is 8.78. The van der Waals surface area contributed by atoms with Gasteiger partial charge >= 0.3 is 0 Å². The summed E-state index contributed by atoms with van der Waals surface area (Å²) in [6.07, 6.45) is 1.55. The minimum Gasteiger partial charge on any atom is -0.494 e. The number of nitrogens with one attached hydrogen (secondary N) is 1. The lowest BCUT2D eigenvalue weighted by atomic mass is 10.1. The van der Waals surface area contributed by atoms with Gasteiger partial charge in [0.15, 0.2) is 0 Å². The zero-order valence-corrected chi connectivity index (χ0v) is 25.4. The van der Waals surface area contributed by atoms with Crippen LogP contribution < -0.4 is 14.4 Å². The van der Waals surface area contributed by atoms with Crippen LogP contribution in [0.5, 0.6) is 5.75 Å². The summed E-state index contributed by atoms with van der Waals surface area (Å²) in [7, 11) is -4.29. The van der Waals surface area contributed by atoms with Gasteiger partial charge in [0.1, 0.15) is 24.2 Å². The number of anilines is 1. The molecule has 0 aromatic heterocycles. The lowest BCUT2D eigenvalue weighted by molar-refractivity contribution is -0.139. The van der Waals surface area contributed by atoms with Crippen LogP contribution in [0.2, 0.25) is 0 Å². The third kappa shape index (κ3) is 8.55. The van der Waals surface area contributed by atoms with E-state index < -0.39 is 34.3 Å². The zero-order chi connectivity index (χ0) is 30.7. The minimum atomic E-state index is -4.29. The average molecular weight is 598 g/mol. The Morgan fingerprint density at radius 3 is 2.12 bits per heavy atom. The molecule has 0 spiro atoms. The molecule has 0 aliphatic heterocycles. The van der Waals surface area contributed by atoms with Crippen molar-refractivity contribution in [1.82, 2.24) is 10.2 Å². The topological polar surface area (TPSA) is 96.0 Å². The van der Waals surface area contributed by atoms with Crippen molar-refractivity contribution in [2.45, 2.75) is 63.9 Å². The van der Waals surface area contributed by atoms with E-state index in [1.54, 1.807) is 24.3 Å². The lowest BCUT2D eigenvalue weighted by Crippen LogP contribution is -2.54. The Hall–Kier alpha value is -3.92. The Morgan fingerprint density at radius 1 is 0.905 bits per heavy atom. The molecule has 3 aromatic carbocycles. The van der Waals surface area contributed by atoms with E-state index in [4.69, 9.17) is 4.74 Å². The molecule has 0 heterocycles. The normalized spacial score (nSPS) is 12.7. The average Bonchev–Trinajstić information content (AvgIpc) is 2.99. The number of sulfonamides is 1. The van der Waals surface area contributed by atoms with Gasteiger partial charge in [0.25, 0.3) is 10.0 Å². The Morgan fingerprint density at radius 2 is 1.55 bits per heavy atom. The molecule has 0 saturated heterocycles. The van der Waals surface area contributed by atoms with Crippen LogP contribution in [0.3, 0.4) is 0 Å². The van der Waals surface area contributed by atoms with Gasteiger partial charge in [0.2, 0.25) is 11.8 Å². The molecule has 3 aromatic rings. The van der Waals surface area contributed by atoms with E-state index in [-0.39, 0.29) is 29.1 Å². The molecule has 10 heteroatoms. The van der Waals surface area contributed by atoms with Crippen LogP contribution in [-0.4, -0.2) is 56.9 Å². The standard InChI is InChI=1S/C32H40FN3O5S/c1-5-24(4)34-32(38)30(6-2)35(22-21-25-11-9-8-10-12-25)31(37)23-36(27-15-17-28(18-16-27)41-7-3)42(39,40)29-19-13-26(33)14-20-29/h8-20,24,30H,5-7,21-23H2,1-4H3,(H,34,38)/t24-,30-/m0/s1. The summed E-state index contributed by atoms with van der Waals surface area (Å²) in [6.45, 7) is 7.59. The maximum atomic E-state index is 14.1. The molecule has 8 nitrogen and oxygen atoms in total. The number of amides is 2. The van der Waals surface area contributed by atoms with Gasteiger partial charge in [0, 0.05) is 12.6 Å². The van der Waals surface area contributed by atoms with E-state index in [1.807, 2.05) is 58.0 Å². The second-order valence-electron chi connectivity index (χ2n) is 9.96. The van der Waals surface area contributed by atoms with Crippen LogP contribution in [0.1, 0.15) is 46.1 Å². The fourth-order valence-electron chi connectivity index (χ4n) is 4.47. The second kappa shape index (κ2) is 15.3. The number of rotatable bonds is 15. The number of hydrogen-bond acceptors (Lipinski definition) is 5. The molecule has 42 heavy (non-hydrogen) atoms. The van der Waals surface area contributed by atoms with Gasteiger partial charge in [0.05, 0.1) is 17.2 Å². The Kier molecular flexibility index (Phi) is 11.9.